The van der Waals surface area contributed by atoms with Gasteiger partial charge in [-0.1, -0.05) is 78.9 Å². The Morgan fingerprint density at radius 1 is 0.628 bits per heavy atom. The number of carbonyl (C=O) groups excluding carboxylic acids is 2. The number of aryl methyl sites for hydroxylation is 1. The zero-order chi connectivity index (χ0) is 29.9. The van der Waals surface area contributed by atoms with Gasteiger partial charge in [-0.3, -0.25) is 0 Å². The van der Waals surface area contributed by atoms with Gasteiger partial charge in [-0.15, -0.1) is 0 Å². The first kappa shape index (κ1) is 28.3. The number of rotatable bonds is 7. The molecule has 0 spiro atoms. The van der Waals surface area contributed by atoms with Crippen LogP contribution >= 0.6 is 15.9 Å². The first-order chi connectivity index (χ1) is 20.9. The average Bonchev–Trinajstić information content (AvgIpc) is 3.03. The van der Waals surface area contributed by atoms with E-state index in [0.29, 0.717) is 27.8 Å². The highest BCUT2D eigenvalue weighted by Crippen LogP contribution is 2.46. The molecule has 0 amide bonds. The zero-order valence-electron chi connectivity index (χ0n) is 23.6. The van der Waals surface area contributed by atoms with Crippen LogP contribution < -0.4 is 9.47 Å². The molecule has 0 saturated carbocycles. The van der Waals surface area contributed by atoms with Crippen molar-refractivity contribution in [3.63, 3.8) is 0 Å². The van der Waals surface area contributed by atoms with Crippen molar-refractivity contribution in [1.82, 2.24) is 0 Å². The molecule has 5 nitrogen and oxygen atoms in total. The molecule has 0 aromatic heterocycles. The van der Waals surface area contributed by atoms with Crippen molar-refractivity contribution in [1.29, 1.82) is 0 Å². The monoisotopic (exact) mass is 630 g/mol. The fraction of sp³-hybridized carbons (Fsp3) is 0.0811. The second-order valence-electron chi connectivity index (χ2n) is 10.2. The van der Waals surface area contributed by atoms with E-state index in [4.69, 9.17) is 14.2 Å². The van der Waals surface area contributed by atoms with Crippen molar-refractivity contribution in [3.8, 4) is 22.6 Å². The molecule has 0 radical (unpaired) electrons. The molecule has 0 saturated heterocycles. The Morgan fingerprint density at radius 3 is 1.81 bits per heavy atom. The van der Waals surface area contributed by atoms with Crippen LogP contribution in [0.4, 0.5) is 0 Å². The van der Waals surface area contributed by atoms with Gasteiger partial charge in [0.05, 0.1) is 27.8 Å². The molecule has 0 bridgehead atoms. The molecular formula is C37H27BrO5. The van der Waals surface area contributed by atoms with Crippen LogP contribution in [0.5, 0.6) is 11.5 Å². The molecule has 6 aromatic carbocycles. The molecular weight excluding hydrogens is 604 g/mol. The molecule has 0 aliphatic carbocycles. The van der Waals surface area contributed by atoms with E-state index >= 15 is 0 Å². The van der Waals surface area contributed by atoms with E-state index in [1.165, 1.54) is 0 Å². The summed E-state index contributed by atoms with van der Waals surface area (Å²) in [4.78, 5) is 27.1. The lowest BCUT2D eigenvalue weighted by molar-refractivity contribution is 0.0733. The Labute approximate surface area is 257 Å². The van der Waals surface area contributed by atoms with E-state index in [1.807, 2.05) is 85.8 Å². The lowest BCUT2D eigenvalue weighted by Crippen LogP contribution is -2.13. The predicted octanol–water partition coefficient (Wildman–Crippen LogP) is 9.32. The second-order valence-corrected chi connectivity index (χ2v) is 11.0. The van der Waals surface area contributed by atoms with E-state index in [2.05, 4.69) is 15.9 Å². The Morgan fingerprint density at radius 2 is 1.21 bits per heavy atom. The highest BCUT2D eigenvalue weighted by molar-refractivity contribution is 9.10. The topological polar surface area (TPSA) is 61.8 Å². The highest BCUT2D eigenvalue weighted by Gasteiger charge is 2.25. The fourth-order valence-electron chi connectivity index (χ4n) is 5.27. The number of benzene rings is 6. The standard InChI is InChI=1S/C37H27BrO5/c1-23-8-7-13-30(22-41-2)33(23)34-32(42-36(39)28-16-14-24-9-3-5-11-26(24)20-28)19-18-31(38)35(34)43-37(40)29-17-15-25-10-4-6-12-27(25)21-29/h3-21H,22H2,1-2H3. The van der Waals surface area contributed by atoms with Crippen LogP contribution in [-0.4, -0.2) is 19.0 Å². The molecule has 6 rings (SSSR count). The van der Waals surface area contributed by atoms with Gasteiger partial charge in [0, 0.05) is 7.11 Å². The maximum Gasteiger partial charge on any atom is 0.343 e. The largest absolute Gasteiger partial charge is 0.422 e. The van der Waals surface area contributed by atoms with E-state index in [9.17, 15) is 9.59 Å². The number of hydrogen-bond donors (Lipinski definition) is 0. The highest BCUT2D eigenvalue weighted by atomic mass is 79.9. The Bertz CT molecular complexity index is 2010. The van der Waals surface area contributed by atoms with Crippen LogP contribution in [0, 0.1) is 6.92 Å². The van der Waals surface area contributed by atoms with Crippen LogP contribution in [0.1, 0.15) is 31.8 Å². The fourth-order valence-corrected chi connectivity index (χ4v) is 5.68. The quantitative estimate of drug-likeness (QED) is 0.130. The number of halogens is 1. The van der Waals surface area contributed by atoms with E-state index in [0.717, 1.165) is 38.2 Å². The van der Waals surface area contributed by atoms with Crippen molar-refractivity contribution in [2.45, 2.75) is 13.5 Å². The van der Waals surface area contributed by atoms with Gasteiger partial charge in [-0.05, 0) is 97.5 Å². The van der Waals surface area contributed by atoms with E-state index in [1.54, 1.807) is 43.5 Å². The summed E-state index contributed by atoms with van der Waals surface area (Å²) in [5.41, 5.74) is 3.79. The average molecular weight is 632 g/mol. The smallest absolute Gasteiger partial charge is 0.343 e. The van der Waals surface area contributed by atoms with Gasteiger partial charge in [-0.25, -0.2) is 9.59 Å². The molecule has 0 aliphatic rings. The molecule has 0 heterocycles. The lowest BCUT2D eigenvalue weighted by atomic mass is 9.93. The van der Waals surface area contributed by atoms with Crippen molar-refractivity contribution in [3.05, 3.63) is 142 Å². The van der Waals surface area contributed by atoms with Gasteiger partial charge in [0.2, 0.25) is 0 Å². The third-order valence-electron chi connectivity index (χ3n) is 7.35. The summed E-state index contributed by atoms with van der Waals surface area (Å²) in [6.45, 7) is 2.26. The maximum atomic E-state index is 13.6. The SMILES string of the molecule is COCc1cccc(C)c1-c1c(OC(=O)c2ccc3ccccc3c2)ccc(Br)c1OC(=O)c1ccc2ccccc2c1. The molecule has 0 fully saturated rings. The van der Waals surface area contributed by atoms with Gasteiger partial charge in [0.1, 0.15) is 5.75 Å². The minimum atomic E-state index is -0.535. The summed E-state index contributed by atoms with van der Waals surface area (Å²) in [6.07, 6.45) is 0. The minimum absolute atomic E-state index is 0.244. The van der Waals surface area contributed by atoms with Crippen LogP contribution in [0.15, 0.2) is 120 Å². The summed E-state index contributed by atoms with van der Waals surface area (Å²) in [5, 5.41) is 3.90. The maximum absolute atomic E-state index is 13.6. The van der Waals surface area contributed by atoms with Gasteiger partial charge in [0.25, 0.3) is 0 Å². The zero-order valence-corrected chi connectivity index (χ0v) is 25.2. The number of ether oxygens (including phenoxy) is 3. The molecule has 212 valence electrons. The number of esters is 2. The Balaban J connectivity index is 1.46. The Hall–Kier alpha value is -4.78. The third-order valence-corrected chi connectivity index (χ3v) is 7.97. The Kier molecular flexibility index (Phi) is 8.05. The number of methoxy groups -OCH3 is 1. The summed E-state index contributed by atoms with van der Waals surface area (Å²) < 4.78 is 18.2. The molecule has 6 aromatic rings. The van der Waals surface area contributed by atoms with Gasteiger partial charge >= 0.3 is 11.9 Å². The lowest BCUT2D eigenvalue weighted by Gasteiger charge is -2.20. The van der Waals surface area contributed by atoms with Crippen molar-refractivity contribution < 1.29 is 23.8 Å². The molecule has 43 heavy (non-hydrogen) atoms. The molecule has 6 heteroatoms. The van der Waals surface area contributed by atoms with Crippen LogP contribution in [0.2, 0.25) is 0 Å². The number of hydrogen-bond acceptors (Lipinski definition) is 5. The van der Waals surface area contributed by atoms with Crippen molar-refractivity contribution >= 4 is 49.4 Å². The summed E-state index contributed by atoms with van der Waals surface area (Å²) in [5.74, 6) is -0.557. The second kappa shape index (κ2) is 12.2. The number of fused-ring (bicyclic) bond motifs is 2. The van der Waals surface area contributed by atoms with Gasteiger partial charge in [0.15, 0.2) is 5.75 Å². The van der Waals surface area contributed by atoms with E-state index in [-0.39, 0.29) is 11.5 Å². The van der Waals surface area contributed by atoms with Crippen molar-refractivity contribution in [2.75, 3.05) is 7.11 Å². The van der Waals surface area contributed by atoms with Gasteiger partial charge in [-0.2, -0.15) is 0 Å². The summed E-state index contributed by atoms with van der Waals surface area (Å²) in [7, 11) is 1.62. The minimum Gasteiger partial charge on any atom is -0.422 e. The molecule has 0 aliphatic heterocycles. The van der Waals surface area contributed by atoms with Crippen molar-refractivity contribution in [2.24, 2.45) is 0 Å². The normalized spacial score (nSPS) is 11.0. The van der Waals surface area contributed by atoms with E-state index < -0.39 is 11.9 Å². The summed E-state index contributed by atoms with van der Waals surface area (Å²) in [6, 6.07) is 35.8. The van der Waals surface area contributed by atoms with Crippen LogP contribution in [0.25, 0.3) is 32.7 Å². The summed E-state index contributed by atoms with van der Waals surface area (Å²) >= 11 is 3.60. The first-order valence-electron chi connectivity index (χ1n) is 13.7. The molecule has 0 N–H and O–H groups in total. The van der Waals surface area contributed by atoms with Crippen LogP contribution in [0.3, 0.4) is 0 Å². The number of carbonyl (C=O) groups is 2. The molecule has 0 atom stereocenters. The third kappa shape index (κ3) is 5.80. The van der Waals surface area contributed by atoms with Gasteiger partial charge < -0.3 is 14.2 Å². The van der Waals surface area contributed by atoms with Crippen LogP contribution in [-0.2, 0) is 11.3 Å². The molecule has 0 unspecified atom stereocenters. The predicted molar refractivity (Wildman–Crippen MR) is 173 cm³/mol. The first-order valence-corrected chi connectivity index (χ1v) is 14.5.